The third kappa shape index (κ3) is 6.19. The molecule has 2 atom stereocenters. The van der Waals surface area contributed by atoms with E-state index in [4.69, 9.17) is 18.9 Å². The predicted molar refractivity (Wildman–Crippen MR) is 132 cm³/mol. The van der Waals surface area contributed by atoms with E-state index in [2.05, 4.69) is 0 Å². The van der Waals surface area contributed by atoms with Crippen LogP contribution in [-0.2, 0) is 21.3 Å². The minimum Gasteiger partial charge on any atom is -0.496 e. The lowest BCUT2D eigenvalue weighted by molar-refractivity contribution is -0.702. The van der Waals surface area contributed by atoms with Crippen LogP contribution in [0.4, 0.5) is 0 Å². The van der Waals surface area contributed by atoms with Gasteiger partial charge >= 0.3 is 5.97 Å². The Morgan fingerprint density at radius 2 is 1.57 bits per heavy atom. The van der Waals surface area contributed by atoms with E-state index in [0.29, 0.717) is 39.7 Å². The third-order valence-electron chi connectivity index (χ3n) is 5.31. The Bertz CT molecular complexity index is 1200. The number of pyridine rings is 1. The van der Waals surface area contributed by atoms with E-state index >= 15 is 0 Å². The van der Waals surface area contributed by atoms with Gasteiger partial charge in [-0.15, -0.1) is 0 Å². The monoisotopic (exact) mass is 498 g/mol. The number of rotatable bonds is 11. The second-order valence-corrected chi connectivity index (χ2v) is 8.74. The normalized spacial score (nSPS) is 12.7. The van der Waals surface area contributed by atoms with E-state index in [1.165, 1.54) is 21.3 Å². The molecule has 0 aliphatic rings. The van der Waals surface area contributed by atoms with Crippen LogP contribution in [0, 0.1) is 0 Å². The molecular formula is C26H28NO7S+. The molecule has 1 N–H and O–H groups in total. The minimum absolute atomic E-state index is 0.181. The van der Waals surface area contributed by atoms with Crippen LogP contribution in [0.2, 0.25) is 0 Å². The van der Waals surface area contributed by atoms with Crippen molar-refractivity contribution in [3.05, 3.63) is 83.0 Å². The van der Waals surface area contributed by atoms with Gasteiger partial charge in [0.15, 0.2) is 12.4 Å². The maximum Gasteiger partial charge on any atom is 0.378 e. The highest BCUT2D eigenvalue weighted by Gasteiger charge is 2.32. The highest BCUT2D eigenvalue weighted by Crippen LogP contribution is 2.35. The first-order chi connectivity index (χ1) is 16.9. The summed E-state index contributed by atoms with van der Waals surface area (Å²) >= 11 is 0. The Kier molecular flexibility index (Phi) is 8.86. The molecule has 0 radical (unpaired) electrons. The topological polar surface area (TPSA) is 95.2 Å². The molecular weight excluding hydrogens is 470 g/mol. The molecule has 0 amide bonds. The number of benzene rings is 2. The van der Waals surface area contributed by atoms with Gasteiger partial charge in [-0.25, -0.2) is 4.79 Å². The lowest BCUT2D eigenvalue weighted by Crippen LogP contribution is -2.44. The number of nitrogens with zero attached hydrogens (tertiary/aromatic N) is 1. The van der Waals surface area contributed by atoms with Gasteiger partial charge in [-0.05, 0) is 23.8 Å². The second-order valence-electron chi connectivity index (χ2n) is 7.41. The lowest BCUT2D eigenvalue weighted by Gasteiger charge is -2.14. The van der Waals surface area contributed by atoms with Gasteiger partial charge in [0.25, 0.3) is 6.04 Å². The molecule has 9 heteroatoms. The summed E-state index contributed by atoms with van der Waals surface area (Å²) < 4.78 is 36.0. The Morgan fingerprint density at radius 3 is 2.11 bits per heavy atom. The van der Waals surface area contributed by atoms with Crippen molar-refractivity contribution in [2.75, 3.05) is 28.4 Å². The summed E-state index contributed by atoms with van der Waals surface area (Å²) in [6, 6.07) is 13.0. The summed E-state index contributed by atoms with van der Waals surface area (Å²) in [7, 11) is 4.70. The molecule has 0 bridgehead atoms. The van der Waals surface area contributed by atoms with E-state index in [9.17, 15) is 14.1 Å². The van der Waals surface area contributed by atoms with Gasteiger partial charge in [0.2, 0.25) is 0 Å². The van der Waals surface area contributed by atoms with Crippen molar-refractivity contribution in [1.82, 2.24) is 0 Å². The van der Waals surface area contributed by atoms with Crippen LogP contribution in [0.5, 0.6) is 23.0 Å². The van der Waals surface area contributed by atoms with E-state index in [-0.39, 0.29) is 5.75 Å². The molecule has 3 rings (SSSR count). The molecule has 8 nitrogen and oxygen atoms in total. The minimum atomic E-state index is -1.40. The van der Waals surface area contributed by atoms with Gasteiger partial charge in [-0.1, -0.05) is 12.1 Å². The third-order valence-corrected chi connectivity index (χ3v) is 6.37. The van der Waals surface area contributed by atoms with Crippen molar-refractivity contribution < 1.29 is 37.6 Å². The zero-order valence-electron chi connectivity index (χ0n) is 20.0. The molecule has 0 aliphatic carbocycles. The summed E-state index contributed by atoms with van der Waals surface area (Å²) in [4.78, 5) is 12.1. The molecule has 184 valence electrons. The fraction of sp³-hybridized carbons (Fsp3) is 0.231. The van der Waals surface area contributed by atoms with Gasteiger partial charge in [0.05, 0.1) is 56.1 Å². The van der Waals surface area contributed by atoms with Crippen LogP contribution in [0.25, 0.3) is 6.08 Å². The molecule has 0 fully saturated rings. The first-order valence-corrected chi connectivity index (χ1v) is 12.0. The molecule has 3 aromatic rings. The van der Waals surface area contributed by atoms with Crippen LogP contribution < -0.4 is 23.5 Å². The van der Waals surface area contributed by atoms with E-state index in [1.807, 2.05) is 6.07 Å². The van der Waals surface area contributed by atoms with Crippen molar-refractivity contribution in [2.45, 2.75) is 11.8 Å². The average molecular weight is 499 g/mol. The average Bonchev–Trinajstić information content (AvgIpc) is 2.87. The molecule has 1 heterocycles. The van der Waals surface area contributed by atoms with E-state index in [1.54, 1.807) is 78.0 Å². The molecule has 0 aliphatic heterocycles. The number of methoxy groups -OCH3 is 4. The smallest absolute Gasteiger partial charge is 0.378 e. The summed E-state index contributed by atoms with van der Waals surface area (Å²) in [5.41, 5.74) is 1.80. The maximum absolute atomic E-state index is 12.9. The maximum atomic E-state index is 12.9. The lowest BCUT2D eigenvalue weighted by atomic mass is 10.0. The number of aliphatic carboxylic acids is 1. The fourth-order valence-electron chi connectivity index (χ4n) is 3.65. The van der Waals surface area contributed by atoms with Gasteiger partial charge in [0, 0.05) is 29.7 Å². The van der Waals surface area contributed by atoms with Crippen molar-refractivity contribution >= 4 is 22.8 Å². The molecule has 0 spiro atoms. The predicted octanol–water partition coefficient (Wildman–Crippen LogP) is 3.60. The van der Waals surface area contributed by atoms with Crippen LogP contribution in [0.15, 0.2) is 66.3 Å². The van der Waals surface area contributed by atoms with Crippen molar-refractivity contribution in [3.8, 4) is 23.0 Å². The Balaban J connectivity index is 1.90. The van der Waals surface area contributed by atoms with Gasteiger partial charge in [-0.3, -0.25) is 4.21 Å². The summed E-state index contributed by atoms with van der Waals surface area (Å²) in [6.45, 7) is 0. The number of carboxylic acids is 1. The second kappa shape index (κ2) is 12.0. The van der Waals surface area contributed by atoms with E-state index < -0.39 is 22.8 Å². The summed E-state index contributed by atoms with van der Waals surface area (Å²) in [5, 5.41) is 11.5. The van der Waals surface area contributed by atoms with Crippen molar-refractivity contribution in [1.29, 1.82) is 0 Å². The molecule has 1 aromatic heterocycles. The Morgan fingerprint density at radius 1 is 0.943 bits per heavy atom. The number of carbonyl (C=O) groups is 1. The highest BCUT2D eigenvalue weighted by molar-refractivity contribution is 7.87. The molecule has 0 saturated carbocycles. The van der Waals surface area contributed by atoms with Crippen molar-refractivity contribution in [3.63, 3.8) is 0 Å². The van der Waals surface area contributed by atoms with Gasteiger partial charge in [0.1, 0.15) is 23.0 Å². The van der Waals surface area contributed by atoms with Crippen LogP contribution >= 0.6 is 0 Å². The number of carboxylic acid groups (broad SMARTS) is 1. The van der Waals surface area contributed by atoms with Crippen LogP contribution in [0.1, 0.15) is 22.7 Å². The zero-order valence-corrected chi connectivity index (χ0v) is 20.8. The van der Waals surface area contributed by atoms with Crippen LogP contribution in [-0.4, -0.2) is 43.7 Å². The number of hydrogen-bond acceptors (Lipinski definition) is 6. The van der Waals surface area contributed by atoms with Gasteiger partial charge < -0.3 is 24.1 Å². The SMILES string of the molecule is COc1cc(OC)c(C=CS(=O)Cc2ccc(OC)c(C(C(=O)O)[n+]3ccccc3)c2)c(OC)c1. The summed E-state index contributed by atoms with van der Waals surface area (Å²) in [5.74, 6) is 1.20. The van der Waals surface area contributed by atoms with Crippen LogP contribution in [0.3, 0.4) is 0 Å². The zero-order chi connectivity index (χ0) is 25.4. The molecule has 0 saturated heterocycles. The quantitative estimate of drug-likeness (QED) is 0.404. The first-order valence-electron chi connectivity index (χ1n) is 10.6. The number of ether oxygens (including phenoxy) is 4. The number of hydrogen-bond donors (Lipinski definition) is 1. The first kappa shape index (κ1) is 25.8. The highest BCUT2D eigenvalue weighted by atomic mass is 32.2. The molecule has 35 heavy (non-hydrogen) atoms. The summed E-state index contributed by atoms with van der Waals surface area (Å²) in [6.07, 6.45) is 5.04. The number of aromatic nitrogens is 1. The molecule has 2 unspecified atom stereocenters. The van der Waals surface area contributed by atoms with Gasteiger partial charge in [-0.2, -0.15) is 4.57 Å². The Labute approximate surface area is 206 Å². The standard InChI is InChI=1S/C26H27NO7S/c1-31-19-15-23(33-3)20(24(16-19)34-4)10-13-35(30)17-18-8-9-22(32-2)21(14-18)25(26(28)29)27-11-6-5-7-12-27/h5-16,25H,17H2,1-4H3/p+1. The largest absolute Gasteiger partial charge is 0.496 e. The molecule has 2 aromatic carbocycles. The fourth-order valence-corrected chi connectivity index (χ4v) is 4.54. The van der Waals surface area contributed by atoms with Crippen molar-refractivity contribution in [2.24, 2.45) is 0 Å². The Hall–Kier alpha value is -3.85. The van der Waals surface area contributed by atoms with E-state index in [0.717, 1.165) is 0 Å².